The summed E-state index contributed by atoms with van der Waals surface area (Å²) in [6.45, 7) is 2.43. The van der Waals surface area contributed by atoms with Crippen molar-refractivity contribution in [3.05, 3.63) is 24.0 Å². The van der Waals surface area contributed by atoms with Gasteiger partial charge in [-0.2, -0.15) is 0 Å². The molecule has 2 unspecified atom stereocenters. The second-order valence-corrected chi connectivity index (χ2v) is 5.27. The summed E-state index contributed by atoms with van der Waals surface area (Å²) in [6.07, 6.45) is 2.78. The predicted molar refractivity (Wildman–Crippen MR) is 77.9 cm³/mol. The molecule has 0 bridgehead atoms. The lowest BCUT2D eigenvalue weighted by atomic mass is 10.1. The highest BCUT2D eigenvalue weighted by atomic mass is 16.5. The number of anilines is 1. The molecular formula is C15H22N2O4. The van der Waals surface area contributed by atoms with Crippen LogP contribution in [0.15, 0.2) is 18.3 Å². The van der Waals surface area contributed by atoms with Crippen LogP contribution in [0.4, 0.5) is 5.69 Å². The molecule has 1 aliphatic heterocycles. The number of nitrogens with zero attached hydrogens (tertiary/aromatic N) is 1. The van der Waals surface area contributed by atoms with E-state index in [9.17, 15) is 9.90 Å². The standard InChI is InChI=1S/C15H22N2O4/c1-10-3-6-14(21-10)15(19)17-11-4-5-12(16-9-11)13(18)7-8-20-2/h4-5,9-10,13-14,18H,3,6-8H2,1-2H3,(H,17,19)/t10?,13?,14-/m1/s1. The van der Waals surface area contributed by atoms with Gasteiger partial charge in [0.25, 0.3) is 5.91 Å². The molecule has 0 aliphatic carbocycles. The summed E-state index contributed by atoms with van der Waals surface area (Å²) in [5.74, 6) is -0.145. The molecule has 116 valence electrons. The molecule has 1 aliphatic rings. The van der Waals surface area contributed by atoms with Gasteiger partial charge in [-0.3, -0.25) is 9.78 Å². The fourth-order valence-corrected chi connectivity index (χ4v) is 2.27. The molecule has 1 saturated heterocycles. The van der Waals surface area contributed by atoms with E-state index in [1.54, 1.807) is 25.4 Å². The van der Waals surface area contributed by atoms with E-state index in [2.05, 4.69) is 10.3 Å². The van der Waals surface area contributed by atoms with Crippen LogP contribution in [0, 0.1) is 0 Å². The zero-order chi connectivity index (χ0) is 15.2. The van der Waals surface area contributed by atoms with Crippen molar-refractivity contribution in [1.29, 1.82) is 0 Å². The third kappa shape index (κ3) is 4.49. The van der Waals surface area contributed by atoms with Crippen molar-refractivity contribution < 1.29 is 19.4 Å². The average Bonchev–Trinajstić information content (AvgIpc) is 2.92. The SMILES string of the molecule is COCCC(O)c1ccc(NC(=O)[C@H]2CCC(C)O2)cn1. The summed E-state index contributed by atoms with van der Waals surface area (Å²) in [7, 11) is 1.59. The first-order valence-electron chi connectivity index (χ1n) is 7.19. The number of pyridine rings is 1. The van der Waals surface area contributed by atoms with Gasteiger partial charge in [0.2, 0.25) is 0 Å². The van der Waals surface area contributed by atoms with Gasteiger partial charge in [-0.05, 0) is 31.9 Å². The van der Waals surface area contributed by atoms with E-state index >= 15 is 0 Å². The first-order valence-corrected chi connectivity index (χ1v) is 7.19. The number of aromatic nitrogens is 1. The number of hydrogen-bond donors (Lipinski definition) is 2. The highest BCUT2D eigenvalue weighted by Gasteiger charge is 2.28. The van der Waals surface area contributed by atoms with E-state index in [1.165, 1.54) is 0 Å². The van der Waals surface area contributed by atoms with Crippen LogP contribution < -0.4 is 5.32 Å². The molecule has 3 atom stereocenters. The minimum Gasteiger partial charge on any atom is -0.387 e. The number of methoxy groups -OCH3 is 1. The molecule has 0 aromatic carbocycles. The largest absolute Gasteiger partial charge is 0.387 e. The number of hydrogen-bond acceptors (Lipinski definition) is 5. The summed E-state index contributed by atoms with van der Waals surface area (Å²) in [5.41, 5.74) is 1.17. The Kier molecular flexibility index (Phi) is 5.67. The van der Waals surface area contributed by atoms with E-state index in [-0.39, 0.29) is 18.1 Å². The van der Waals surface area contributed by atoms with Gasteiger partial charge in [0.15, 0.2) is 0 Å². The zero-order valence-electron chi connectivity index (χ0n) is 12.4. The summed E-state index contributed by atoms with van der Waals surface area (Å²) < 4.78 is 10.4. The van der Waals surface area contributed by atoms with Crippen LogP contribution in [0.25, 0.3) is 0 Å². The maximum Gasteiger partial charge on any atom is 0.253 e. The minimum absolute atomic E-state index is 0.136. The number of aliphatic hydroxyl groups is 1. The Morgan fingerprint density at radius 2 is 2.38 bits per heavy atom. The van der Waals surface area contributed by atoms with Crippen molar-refractivity contribution in [3.63, 3.8) is 0 Å². The summed E-state index contributed by atoms with van der Waals surface area (Å²) in [5, 5.41) is 12.7. The third-order valence-electron chi connectivity index (χ3n) is 3.52. The van der Waals surface area contributed by atoms with E-state index in [0.29, 0.717) is 24.4 Å². The van der Waals surface area contributed by atoms with Crippen molar-refractivity contribution in [2.75, 3.05) is 19.0 Å². The summed E-state index contributed by atoms with van der Waals surface area (Å²) in [4.78, 5) is 16.2. The van der Waals surface area contributed by atoms with Gasteiger partial charge in [-0.15, -0.1) is 0 Å². The number of carbonyl (C=O) groups excluding carboxylic acids is 1. The lowest BCUT2D eigenvalue weighted by Gasteiger charge is -2.13. The van der Waals surface area contributed by atoms with Crippen LogP contribution in [-0.4, -0.2) is 41.9 Å². The molecule has 21 heavy (non-hydrogen) atoms. The van der Waals surface area contributed by atoms with E-state index in [1.807, 2.05) is 6.92 Å². The molecule has 1 aromatic rings. The van der Waals surface area contributed by atoms with Gasteiger partial charge in [-0.1, -0.05) is 0 Å². The molecule has 0 radical (unpaired) electrons. The van der Waals surface area contributed by atoms with Crippen LogP contribution in [0.1, 0.15) is 38.0 Å². The van der Waals surface area contributed by atoms with Gasteiger partial charge in [-0.25, -0.2) is 0 Å². The molecule has 1 aromatic heterocycles. The average molecular weight is 294 g/mol. The smallest absolute Gasteiger partial charge is 0.253 e. The highest BCUT2D eigenvalue weighted by molar-refractivity contribution is 5.94. The highest BCUT2D eigenvalue weighted by Crippen LogP contribution is 2.21. The maximum absolute atomic E-state index is 12.0. The van der Waals surface area contributed by atoms with Crippen molar-refractivity contribution >= 4 is 11.6 Å². The van der Waals surface area contributed by atoms with Crippen LogP contribution in [0.3, 0.4) is 0 Å². The third-order valence-corrected chi connectivity index (χ3v) is 3.52. The quantitative estimate of drug-likeness (QED) is 0.834. The molecule has 2 heterocycles. The molecule has 6 nitrogen and oxygen atoms in total. The Hall–Kier alpha value is -1.50. The molecule has 1 amide bonds. The maximum atomic E-state index is 12.0. The Bertz CT molecular complexity index is 463. The molecule has 6 heteroatoms. The molecule has 0 saturated carbocycles. The fraction of sp³-hybridized carbons (Fsp3) is 0.600. The van der Waals surface area contributed by atoms with Crippen LogP contribution in [0.2, 0.25) is 0 Å². The van der Waals surface area contributed by atoms with Crippen molar-refractivity contribution in [3.8, 4) is 0 Å². The van der Waals surface area contributed by atoms with E-state index in [0.717, 1.165) is 12.8 Å². The first kappa shape index (κ1) is 15.9. The van der Waals surface area contributed by atoms with Gasteiger partial charge in [0.05, 0.1) is 29.8 Å². The summed E-state index contributed by atoms with van der Waals surface area (Å²) >= 11 is 0. The molecule has 1 fully saturated rings. The monoisotopic (exact) mass is 294 g/mol. The Morgan fingerprint density at radius 1 is 1.57 bits per heavy atom. The number of nitrogens with one attached hydrogen (secondary N) is 1. The molecular weight excluding hydrogens is 272 g/mol. The Morgan fingerprint density at radius 3 is 2.95 bits per heavy atom. The Labute approximate surface area is 124 Å². The number of rotatable bonds is 6. The van der Waals surface area contributed by atoms with Gasteiger partial charge < -0.3 is 19.9 Å². The second-order valence-electron chi connectivity index (χ2n) is 5.27. The van der Waals surface area contributed by atoms with Gasteiger partial charge in [0, 0.05) is 20.1 Å². The number of aliphatic hydroxyl groups excluding tert-OH is 1. The first-order chi connectivity index (χ1) is 10.1. The lowest BCUT2D eigenvalue weighted by molar-refractivity contribution is -0.126. The Balaban J connectivity index is 1.88. The van der Waals surface area contributed by atoms with Crippen molar-refractivity contribution in [2.24, 2.45) is 0 Å². The zero-order valence-corrected chi connectivity index (χ0v) is 12.4. The molecule has 0 spiro atoms. The molecule has 2 N–H and O–H groups in total. The second kappa shape index (κ2) is 7.49. The summed E-state index contributed by atoms with van der Waals surface area (Å²) in [6, 6.07) is 3.43. The van der Waals surface area contributed by atoms with Crippen molar-refractivity contribution in [1.82, 2.24) is 4.98 Å². The van der Waals surface area contributed by atoms with E-state index in [4.69, 9.17) is 9.47 Å². The number of carbonyl (C=O) groups is 1. The number of amides is 1. The van der Waals surface area contributed by atoms with Crippen LogP contribution in [-0.2, 0) is 14.3 Å². The van der Waals surface area contributed by atoms with Crippen molar-refractivity contribution in [2.45, 2.75) is 44.5 Å². The van der Waals surface area contributed by atoms with Gasteiger partial charge in [0.1, 0.15) is 6.10 Å². The topological polar surface area (TPSA) is 80.7 Å². The van der Waals surface area contributed by atoms with Crippen LogP contribution >= 0.6 is 0 Å². The normalized spacial score (nSPS) is 23.0. The van der Waals surface area contributed by atoms with E-state index < -0.39 is 6.10 Å². The minimum atomic E-state index is -0.659. The van der Waals surface area contributed by atoms with Crippen LogP contribution in [0.5, 0.6) is 0 Å². The number of ether oxygens (including phenoxy) is 2. The van der Waals surface area contributed by atoms with Gasteiger partial charge >= 0.3 is 0 Å². The molecule has 2 rings (SSSR count). The lowest BCUT2D eigenvalue weighted by Crippen LogP contribution is -2.27. The fourth-order valence-electron chi connectivity index (χ4n) is 2.27. The predicted octanol–water partition coefficient (Wildman–Crippen LogP) is 1.66.